The van der Waals surface area contributed by atoms with Crippen molar-refractivity contribution in [3.63, 3.8) is 0 Å². The second-order valence-corrected chi connectivity index (χ2v) is 6.93. The van der Waals surface area contributed by atoms with E-state index in [4.69, 9.17) is 26.7 Å². The molecule has 0 heterocycles. The summed E-state index contributed by atoms with van der Waals surface area (Å²) in [7, 11) is 2.60. The van der Waals surface area contributed by atoms with Crippen molar-refractivity contribution in [1.29, 1.82) is 0 Å². The Balaban J connectivity index is 4.74. The van der Waals surface area contributed by atoms with Gasteiger partial charge in [0.25, 0.3) is 0 Å². The van der Waals surface area contributed by atoms with Crippen molar-refractivity contribution >= 4 is 15.3 Å². The molecular weight excluding hydrogens is 253 g/mol. The molecule has 0 aliphatic carbocycles. The zero-order chi connectivity index (χ0) is 14.8. The fraction of sp³-hybridized carbons (Fsp3) is 0.909. The molecule has 0 aliphatic rings. The third kappa shape index (κ3) is 5.06. The Bertz CT molecular complexity index is 300. The Morgan fingerprint density at radius 1 is 1.28 bits per heavy atom. The molecule has 0 aliphatic heterocycles. The van der Waals surface area contributed by atoms with Crippen molar-refractivity contribution in [2.45, 2.75) is 57.1 Å². The average Bonchev–Trinajstić information content (AvgIpc) is 2.10. The van der Waals surface area contributed by atoms with Crippen LogP contribution in [0.2, 0.25) is 0 Å². The molecule has 0 radical (unpaired) electrons. The number of carbonyl (C=O) groups excluding carboxylic acids is 1. The number of hydrogen-bond acceptors (Lipinski definition) is 5. The summed E-state index contributed by atoms with van der Waals surface area (Å²) in [5.41, 5.74) is 15.3. The van der Waals surface area contributed by atoms with E-state index >= 15 is 0 Å². The van der Waals surface area contributed by atoms with Crippen LogP contribution in [-0.4, -0.2) is 35.2 Å². The first-order valence-corrected chi connectivity index (χ1v) is 6.33. The molecule has 0 spiro atoms. The summed E-state index contributed by atoms with van der Waals surface area (Å²) in [6, 6.07) is -0.389. The minimum Gasteiger partial charge on any atom is -0.443 e. The first-order chi connectivity index (χ1) is 7.79. The number of carbonyl (C=O) groups is 1. The molecule has 0 saturated carbocycles. The van der Waals surface area contributed by atoms with Gasteiger partial charge >= 0.3 is 6.09 Å². The number of rotatable bonds is 6. The van der Waals surface area contributed by atoms with Gasteiger partial charge in [0.2, 0.25) is 0 Å². The van der Waals surface area contributed by atoms with Crippen molar-refractivity contribution in [1.82, 2.24) is 0 Å². The van der Waals surface area contributed by atoms with E-state index < -0.39 is 22.6 Å². The smallest absolute Gasteiger partial charge is 0.405 e. The number of amides is 1. The summed E-state index contributed by atoms with van der Waals surface area (Å²) in [5.74, 6) is 0. The number of hydrogen-bond donors (Lipinski definition) is 3. The van der Waals surface area contributed by atoms with Crippen LogP contribution >= 0.6 is 9.24 Å². The molecule has 0 aromatic carbocycles. The molecule has 0 bridgehead atoms. The summed E-state index contributed by atoms with van der Waals surface area (Å²) < 4.78 is 10.6. The normalized spacial score (nSPS) is 18.0. The molecule has 0 aromatic rings. The minimum atomic E-state index is -0.842. The van der Waals surface area contributed by atoms with Crippen LogP contribution < -0.4 is 17.2 Å². The van der Waals surface area contributed by atoms with E-state index in [9.17, 15) is 4.79 Å². The lowest BCUT2D eigenvalue weighted by molar-refractivity contribution is -0.0440. The third-order valence-corrected chi connectivity index (χ3v) is 4.18. The zero-order valence-corrected chi connectivity index (χ0v) is 13.0. The predicted octanol–water partition coefficient (Wildman–Crippen LogP) is 0.533. The van der Waals surface area contributed by atoms with Gasteiger partial charge in [0.1, 0.15) is 11.3 Å². The van der Waals surface area contributed by atoms with E-state index in [1.165, 1.54) is 0 Å². The van der Waals surface area contributed by atoms with Gasteiger partial charge in [0, 0.05) is 11.2 Å². The average molecular weight is 279 g/mol. The van der Waals surface area contributed by atoms with E-state index in [0.717, 1.165) is 0 Å². The summed E-state index contributed by atoms with van der Waals surface area (Å²) in [5, 5.41) is -0.604. The highest BCUT2D eigenvalue weighted by Gasteiger charge is 2.45. The quantitative estimate of drug-likeness (QED) is 0.485. The Morgan fingerprint density at radius 3 is 2.06 bits per heavy atom. The van der Waals surface area contributed by atoms with Crippen LogP contribution in [-0.2, 0) is 9.47 Å². The van der Waals surface area contributed by atoms with Gasteiger partial charge in [0.05, 0.1) is 6.61 Å². The topological polar surface area (TPSA) is 114 Å². The maximum atomic E-state index is 10.9. The highest BCUT2D eigenvalue weighted by molar-refractivity contribution is 7.19. The molecule has 18 heavy (non-hydrogen) atoms. The van der Waals surface area contributed by atoms with Crippen molar-refractivity contribution < 1.29 is 14.3 Å². The Kier molecular flexibility index (Phi) is 5.56. The SMILES string of the molecule is CC(C)(N)OCC(N)C(C)(P)C(C)(C)OC(N)=O. The number of nitrogens with two attached hydrogens (primary N) is 3. The predicted molar refractivity (Wildman–Crippen MR) is 75.1 cm³/mol. The lowest BCUT2D eigenvalue weighted by atomic mass is 9.85. The number of ether oxygens (including phenoxy) is 2. The summed E-state index contributed by atoms with van der Waals surface area (Å²) in [6.07, 6.45) is -0.832. The van der Waals surface area contributed by atoms with Crippen molar-refractivity contribution in [3.8, 4) is 0 Å². The molecule has 6 N–H and O–H groups in total. The zero-order valence-electron chi connectivity index (χ0n) is 11.8. The molecule has 1 amide bonds. The third-order valence-electron chi connectivity index (χ3n) is 3.06. The maximum Gasteiger partial charge on any atom is 0.405 e. The standard InChI is InChI=1S/C11H26N3O3P/c1-9(2,17-8(13)15)11(5,18)7(12)6-16-10(3,4)14/h7H,6,12,14,18H2,1-5H3,(H2,13,15). The lowest BCUT2D eigenvalue weighted by Crippen LogP contribution is -2.59. The van der Waals surface area contributed by atoms with Crippen LogP contribution in [0.25, 0.3) is 0 Å². The molecule has 108 valence electrons. The first-order valence-electron chi connectivity index (χ1n) is 5.75. The van der Waals surface area contributed by atoms with E-state index in [1.54, 1.807) is 27.7 Å². The van der Waals surface area contributed by atoms with E-state index in [-0.39, 0.29) is 12.6 Å². The van der Waals surface area contributed by atoms with Gasteiger partial charge in [-0.15, -0.1) is 9.24 Å². The molecule has 0 fully saturated rings. The highest BCUT2D eigenvalue weighted by atomic mass is 31.0. The fourth-order valence-corrected chi connectivity index (χ4v) is 1.44. The first kappa shape index (κ1) is 17.6. The van der Waals surface area contributed by atoms with Gasteiger partial charge in [-0.25, -0.2) is 4.79 Å². The number of primary amides is 1. The lowest BCUT2D eigenvalue weighted by Gasteiger charge is -2.44. The Morgan fingerprint density at radius 2 is 1.72 bits per heavy atom. The van der Waals surface area contributed by atoms with Gasteiger partial charge in [-0.2, -0.15) is 0 Å². The summed E-state index contributed by atoms with van der Waals surface area (Å²) in [4.78, 5) is 10.9. The van der Waals surface area contributed by atoms with E-state index in [1.807, 2.05) is 6.92 Å². The Hall–Kier alpha value is -0.420. The summed E-state index contributed by atoms with van der Waals surface area (Å²) in [6.45, 7) is 9.08. The largest absolute Gasteiger partial charge is 0.443 e. The maximum absolute atomic E-state index is 10.9. The van der Waals surface area contributed by atoms with Gasteiger partial charge in [0.15, 0.2) is 0 Å². The van der Waals surface area contributed by atoms with Crippen LogP contribution in [0.5, 0.6) is 0 Å². The molecule has 3 atom stereocenters. The van der Waals surface area contributed by atoms with Crippen molar-refractivity contribution in [3.05, 3.63) is 0 Å². The van der Waals surface area contributed by atoms with Crippen LogP contribution in [0.4, 0.5) is 4.79 Å². The van der Waals surface area contributed by atoms with Crippen molar-refractivity contribution in [2.75, 3.05) is 6.61 Å². The Labute approximate surface area is 111 Å². The molecule has 0 saturated heterocycles. The summed E-state index contributed by atoms with van der Waals surface area (Å²) >= 11 is 0. The van der Waals surface area contributed by atoms with Gasteiger partial charge in [-0.1, -0.05) is 6.92 Å². The minimum absolute atomic E-state index is 0.245. The van der Waals surface area contributed by atoms with Crippen LogP contribution in [0.15, 0.2) is 0 Å². The molecule has 0 aromatic heterocycles. The van der Waals surface area contributed by atoms with Gasteiger partial charge in [-0.3, -0.25) is 0 Å². The van der Waals surface area contributed by atoms with Crippen LogP contribution in [0.3, 0.4) is 0 Å². The molecule has 0 rings (SSSR count). The molecular formula is C11H26N3O3P. The van der Waals surface area contributed by atoms with Crippen LogP contribution in [0.1, 0.15) is 34.6 Å². The fourth-order valence-electron chi connectivity index (χ4n) is 1.29. The highest BCUT2D eigenvalue weighted by Crippen LogP contribution is 2.36. The second-order valence-electron chi connectivity index (χ2n) is 5.74. The van der Waals surface area contributed by atoms with E-state index in [2.05, 4.69) is 9.24 Å². The second kappa shape index (κ2) is 5.70. The van der Waals surface area contributed by atoms with Crippen LogP contribution in [0, 0.1) is 0 Å². The molecule has 3 unspecified atom stereocenters. The molecule has 6 nitrogen and oxygen atoms in total. The van der Waals surface area contributed by atoms with Crippen molar-refractivity contribution in [2.24, 2.45) is 17.2 Å². The van der Waals surface area contributed by atoms with Gasteiger partial charge < -0.3 is 26.7 Å². The van der Waals surface area contributed by atoms with E-state index in [0.29, 0.717) is 0 Å². The molecule has 7 heteroatoms. The monoisotopic (exact) mass is 279 g/mol. The van der Waals surface area contributed by atoms with Gasteiger partial charge in [-0.05, 0) is 27.7 Å².